The molecule has 6 nitrogen and oxygen atoms in total. The molecule has 0 atom stereocenters. The van der Waals surface area contributed by atoms with Gasteiger partial charge < -0.3 is 4.90 Å². The third kappa shape index (κ3) is 1.57. The van der Waals surface area contributed by atoms with Crippen molar-refractivity contribution < 1.29 is 4.79 Å². The molecule has 92 valence electrons. The average Bonchev–Trinajstić information content (AvgIpc) is 2.85. The SMILES string of the molecule is CCN1CCn2c(nnc2-c2ccccn2)C1=O. The highest BCUT2D eigenvalue weighted by Gasteiger charge is 2.28. The van der Waals surface area contributed by atoms with E-state index in [1.807, 2.05) is 29.7 Å². The maximum Gasteiger partial charge on any atom is 0.291 e. The number of pyridine rings is 1. The molecule has 1 amide bonds. The van der Waals surface area contributed by atoms with Crippen LogP contribution in [-0.4, -0.2) is 43.6 Å². The molecular formula is C12H13N5O. The molecule has 0 saturated heterocycles. The van der Waals surface area contributed by atoms with Gasteiger partial charge in [0.1, 0.15) is 5.69 Å². The molecule has 0 bridgehead atoms. The van der Waals surface area contributed by atoms with E-state index >= 15 is 0 Å². The van der Waals surface area contributed by atoms with Crippen LogP contribution in [0.25, 0.3) is 11.5 Å². The van der Waals surface area contributed by atoms with Crippen LogP contribution < -0.4 is 0 Å². The number of hydrogen-bond donors (Lipinski definition) is 0. The lowest BCUT2D eigenvalue weighted by Crippen LogP contribution is -2.40. The lowest BCUT2D eigenvalue weighted by atomic mass is 10.3. The lowest BCUT2D eigenvalue weighted by molar-refractivity contribution is 0.0707. The standard InChI is InChI=1S/C12H13N5O/c1-2-16-7-8-17-10(9-5-3-4-6-13-9)14-15-11(17)12(16)18/h3-6H,2,7-8H2,1H3. The van der Waals surface area contributed by atoms with E-state index in [4.69, 9.17) is 0 Å². The number of fused-ring (bicyclic) bond motifs is 1. The third-order valence-electron chi connectivity index (χ3n) is 3.10. The van der Waals surface area contributed by atoms with E-state index < -0.39 is 0 Å². The summed E-state index contributed by atoms with van der Waals surface area (Å²) in [5.41, 5.74) is 0.744. The fourth-order valence-corrected chi connectivity index (χ4v) is 2.12. The average molecular weight is 243 g/mol. The number of rotatable bonds is 2. The normalized spacial score (nSPS) is 14.7. The van der Waals surface area contributed by atoms with Crippen molar-refractivity contribution in [1.29, 1.82) is 0 Å². The van der Waals surface area contributed by atoms with Crippen LogP contribution in [0.1, 0.15) is 17.5 Å². The molecule has 0 N–H and O–H groups in total. The molecule has 0 radical (unpaired) electrons. The fraction of sp³-hybridized carbons (Fsp3) is 0.333. The molecule has 2 aromatic rings. The summed E-state index contributed by atoms with van der Waals surface area (Å²) in [7, 11) is 0. The van der Waals surface area contributed by atoms with Crippen LogP contribution in [0.3, 0.4) is 0 Å². The van der Waals surface area contributed by atoms with Crippen LogP contribution in [0.4, 0.5) is 0 Å². The van der Waals surface area contributed by atoms with Gasteiger partial charge in [-0.05, 0) is 19.1 Å². The summed E-state index contributed by atoms with van der Waals surface area (Å²) in [6.07, 6.45) is 1.71. The predicted molar refractivity (Wildman–Crippen MR) is 64.8 cm³/mol. The smallest absolute Gasteiger partial charge is 0.291 e. The number of amides is 1. The summed E-state index contributed by atoms with van der Waals surface area (Å²) in [5.74, 6) is 1.01. The van der Waals surface area contributed by atoms with E-state index in [9.17, 15) is 4.79 Å². The maximum atomic E-state index is 12.1. The van der Waals surface area contributed by atoms with Crippen molar-refractivity contribution in [3.63, 3.8) is 0 Å². The van der Waals surface area contributed by atoms with Crippen molar-refractivity contribution in [3.05, 3.63) is 30.2 Å². The molecule has 2 aromatic heterocycles. The molecule has 1 aliphatic heterocycles. The summed E-state index contributed by atoms with van der Waals surface area (Å²) in [4.78, 5) is 18.1. The lowest BCUT2D eigenvalue weighted by Gasteiger charge is -2.26. The fourth-order valence-electron chi connectivity index (χ4n) is 2.12. The first-order valence-corrected chi connectivity index (χ1v) is 5.95. The number of carbonyl (C=O) groups is 1. The Morgan fingerprint density at radius 1 is 1.22 bits per heavy atom. The zero-order chi connectivity index (χ0) is 12.5. The summed E-state index contributed by atoms with van der Waals surface area (Å²) >= 11 is 0. The van der Waals surface area contributed by atoms with E-state index in [0.717, 1.165) is 5.69 Å². The van der Waals surface area contributed by atoms with Crippen LogP contribution in [0.2, 0.25) is 0 Å². The first-order chi connectivity index (χ1) is 8.81. The zero-order valence-corrected chi connectivity index (χ0v) is 10.1. The van der Waals surface area contributed by atoms with Gasteiger partial charge in [-0.15, -0.1) is 10.2 Å². The summed E-state index contributed by atoms with van der Waals surface area (Å²) in [6.45, 7) is 4.07. The Balaban J connectivity index is 2.05. The molecule has 0 aromatic carbocycles. The number of hydrogen-bond acceptors (Lipinski definition) is 4. The maximum absolute atomic E-state index is 12.1. The van der Waals surface area contributed by atoms with Crippen molar-refractivity contribution >= 4 is 5.91 Å². The molecular weight excluding hydrogens is 230 g/mol. The Morgan fingerprint density at radius 3 is 2.78 bits per heavy atom. The first-order valence-electron chi connectivity index (χ1n) is 5.95. The molecule has 1 aliphatic rings. The van der Waals surface area contributed by atoms with Crippen LogP contribution in [0.15, 0.2) is 24.4 Å². The van der Waals surface area contributed by atoms with Crippen molar-refractivity contribution in [2.24, 2.45) is 0 Å². The number of carbonyl (C=O) groups excluding carboxylic acids is 1. The van der Waals surface area contributed by atoms with E-state index in [1.54, 1.807) is 11.1 Å². The minimum atomic E-state index is -0.0570. The van der Waals surface area contributed by atoms with Crippen molar-refractivity contribution in [2.75, 3.05) is 13.1 Å². The quantitative estimate of drug-likeness (QED) is 0.783. The Hall–Kier alpha value is -2.24. The van der Waals surface area contributed by atoms with Gasteiger partial charge in [0.25, 0.3) is 5.91 Å². The highest BCUT2D eigenvalue weighted by molar-refractivity contribution is 5.91. The van der Waals surface area contributed by atoms with Crippen LogP contribution in [-0.2, 0) is 6.54 Å². The van der Waals surface area contributed by atoms with Gasteiger partial charge in [-0.1, -0.05) is 6.07 Å². The highest BCUT2D eigenvalue weighted by Crippen LogP contribution is 2.19. The minimum Gasteiger partial charge on any atom is -0.334 e. The first kappa shape index (κ1) is 10.9. The van der Waals surface area contributed by atoms with Crippen LogP contribution >= 0.6 is 0 Å². The molecule has 0 unspecified atom stereocenters. The van der Waals surface area contributed by atoms with Gasteiger partial charge in [0, 0.05) is 25.8 Å². The summed E-state index contributed by atoms with van der Waals surface area (Å²) < 4.78 is 1.84. The molecule has 0 spiro atoms. The minimum absolute atomic E-state index is 0.0570. The second kappa shape index (κ2) is 4.21. The molecule has 6 heteroatoms. The van der Waals surface area contributed by atoms with Crippen molar-refractivity contribution in [1.82, 2.24) is 24.6 Å². The van der Waals surface area contributed by atoms with Crippen molar-refractivity contribution in [3.8, 4) is 11.5 Å². The van der Waals surface area contributed by atoms with Gasteiger partial charge in [0.15, 0.2) is 5.82 Å². The molecule has 0 aliphatic carbocycles. The van der Waals surface area contributed by atoms with Gasteiger partial charge in [-0.25, -0.2) is 0 Å². The Morgan fingerprint density at radius 2 is 2.06 bits per heavy atom. The predicted octanol–water partition coefficient (Wildman–Crippen LogP) is 0.816. The van der Waals surface area contributed by atoms with Crippen LogP contribution in [0.5, 0.6) is 0 Å². The number of likely N-dealkylation sites (N-methyl/N-ethyl adjacent to an activating group) is 1. The molecule has 0 fully saturated rings. The summed E-state index contributed by atoms with van der Waals surface area (Å²) in [6, 6.07) is 5.61. The molecule has 18 heavy (non-hydrogen) atoms. The van der Waals surface area contributed by atoms with E-state index in [0.29, 0.717) is 31.3 Å². The Labute approximate surface area is 104 Å². The third-order valence-corrected chi connectivity index (χ3v) is 3.10. The van der Waals surface area contributed by atoms with E-state index in [1.165, 1.54) is 0 Å². The largest absolute Gasteiger partial charge is 0.334 e. The topological polar surface area (TPSA) is 63.9 Å². The van der Waals surface area contributed by atoms with Gasteiger partial charge in [-0.3, -0.25) is 14.3 Å². The monoisotopic (exact) mass is 243 g/mol. The second-order valence-corrected chi connectivity index (χ2v) is 4.10. The van der Waals surface area contributed by atoms with Crippen molar-refractivity contribution in [2.45, 2.75) is 13.5 Å². The summed E-state index contributed by atoms with van der Waals surface area (Å²) in [5, 5.41) is 8.08. The van der Waals surface area contributed by atoms with E-state index in [-0.39, 0.29) is 5.91 Å². The van der Waals surface area contributed by atoms with Crippen LogP contribution in [0, 0.1) is 0 Å². The number of nitrogens with zero attached hydrogens (tertiary/aromatic N) is 5. The zero-order valence-electron chi connectivity index (χ0n) is 10.1. The van der Waals surface area contributed by atoms with Gasteiger partial charge in [0.05, 0.1) is 0 Å². The number of aromatic nitrogens is 4. The molecule has 3 heterocycles. The van der Waals surface area contributed by atoms with Gasteiger partial charge >= 0.3 is 0 Å². The van der Waals surface area contributed by atoms with Gasteiger partial charge in [-0.2, -0.15) is 0 Å². The molecule has 0 saturated carbocycles. The second-order valence-electron chi connectivity index (χ2n) is 4.10. The van der Waals surface area contributed by atoms with Gasteiger partial charge in [0.2, 0.25) is 5.82 Å². The highest BCUT2D eigenvalue weighted by atomic mass is 16.2. The molecule has 3 rings (SSSR count). The Kier molecular flexibility index (Phi) is 2.55. The van der Waals surface area contributed by atoms with E-state index in [2.05, 4.69) is 15.2 Å². The Bertz CT molecular complexity index is 577.